The standard InChI is InChI=1S/C10H19F2N/c1-7-5-4-6-9(7)13-8(2)10(3,11)12/h7-9,13H,4-6H2,1-3H3. The van der Waals surface area contributed by atoms with Gasteiger partial charge in [0.25, 0.3) is 5.92 Å². The Morgan fingerprint density at radius 1 is 1.38 bits per heavy atom. The zero-order chi connectivity index (χ0) is 10.1. The molecule has 0 radical (unpaired) electrons. The molecule has 1 aliphatic rings. The molecule has 3 unspecified atom stereocenters. The highest BCUT2D eigenvalue weighted by Gasteiger charge is 2.34. The number of nitrogens with one attached hydrogen (secondary N) is 1. The molecule has 1 saturated carbocycles. The van der Waals surface area contributed by atoms with Crippen LogP contribution in [-0.2, 0) is 0 Å². The van der Waals surface area contributed by atoms with Crippen molar-refractivity contribution in [1.82, 2.24) is 5.32 Å². The zero-order valence-corrected chi connectivity index (χ0v) is 8.61. The molecule has 0 spiro atoms. The summed E-state index contributed by atoms with van der Waals surface area (Å²) in [5, 5.41) is 3.02. The van der Waals surface area contributed by atoms with Crippen LogP contribution in [0.25, 0.3) is 0 Å². The molecule has 1 fully saturated rings. The Bertz CT molecular complexity index is 165. The molecule has 0 heterocycles. The molecule has 0 aliphatic heterocycles. The second-order valence-electron chi connectivity index (χ2n) is 4.36. The largest absolute Gasteiger partial charge is 0.306 e. The van der Waals surface area contributed by atoms with Gasteiger partial charge in [0.1, 0.15) is 0 Å². The Morgan fingerprint density at radius 2 is 2.00 bits per heavy atom. The lowest BCUT2D eigenvalue weighted by Crippen LogP contribution is -2.46. The molecule has 1 aliphatic carbocycles. The average molecular weight is 191 g/mol. The van der Waals surface area contributed by atoms with E-state index >= 15 is 0 Å². The summed E-state index contributed by atoms with van der Waals surface area (Å²) < 4.78 is 25.7. The van der Waals surface area contributed by atoms with Crippen molar-refractivity contribution in [1.29, 1.82) is 0 Å². The van der Waals surface area contributed by atoms with E-state index < -0.39 is 12.0 Å². The van der Waals surface area contributed by atoms with E-state index in [4.69, 9.17) is 0 Å². The van der Waals surface area contributed by atoms with Gasteiger partial charge < -0.3 is 5.32 Å². The number of alkyl halides is 2. The molecule has 3 atom stereocenters. The Hall–Kier alpha value is -0.180. The molecule has 13 heavy (non-hydrogen) atoms. The molecule has 1 rings (SSSR count). The van der Waals surface area contributed by atoms with Crippen molar-refractivity contribution in [3.8, 4) is 0 Å². The number of rotatable bonds is 3. The van der Waals surface area contributed by atoms with Crippen molar-refractivity contribution >= 4 is 0 Å². The van der Waals surface area contributed by atoms with Crippen molar-refractivity contribution in [3.63, 3.8) is 0 Å². The molecule has 0 aromatic rings. The SMILES string of the molecule is CC1CCCC1NC(C)C(C)(F)F. The van der Waals surface area contributed by atoms with Crippen LogP contribution in [0.3, 0.4) is 0 Å². The van der Waals surface area contributed by atoms with Crippen molar-refractivity contribution in [2.24, 2.45) is 5.92 Å². The molecular formula is C10H19F2N. The van der Waals surface area contributed by atoms with Crippen LogP contribution < -0.4 is 5.32 Å². The van der Waals surface area contributed by atoms with E-state index in [9.17, 15) is 8.78 Å². The molecule has 78 valence electrons. The van der Waals surface area contributed by atoms with Gasteiger partial charge in [0.2, 0.25) is 0 Å². The highest BCUT2D eigenvalue weighted by atomic mass is 19.3. The van der Waals surface area contributed by atoms with E-state index in [2.05, 4.69) is 12.2 Å². The van der Waals surface area contributed by atoms with Crippen molar-refractivity contribution in [2.45, 2.75) is 58.0 Å². The molecule has 0 amide bonds. The average Bonchev–Trinajstić information content (AvgIpc) is 2.34. The van der Waals surface area contributed by atoms with Gasteiger partial charge in [-0.15, -0.1) is 0 Å². The molecule has 3 heteroatoms. The quantitative estimate of drug-likeness (QED) is 0.723. The van der Waals surface area contributed by atoms with E-state index in [1.807, 2.05) is 0 Å². The predicted octanol–water partition coefficient (Wildman–Crippen LogP) is 2.81. The third-order valence-corrected chi connectivity index (χ3v) is 3.09. The normalized spacial score (nSPS) is 32.1. The predicted molar refractivity (Wildman–Crippen MR) is 50.0 cm³/mol. The summed E-state index contributed by atoms with van der Waals surface area (Å²) in [6.45, 7) is 4.67. The van der Waals surface area contributed by atoms with Gasteiger partial charge in [0.05, 0.1) is 6.04 Å². The minimum Gasteiger partial charge on any atom is -0.306 e. The summed E-state index contributed by atoms with van der Waals surface area (Å²) in [4.78, 5) is 0. The molecule has 1 nitrogen and oxygen atoms in total. The van der Waals surface area contributed by atoms with E-state index in [1.54, 1.807) is 6.92 Å². The first kappa shape index (κ1) is 10.9. The van der Waals surface area contributed by atoms with Gasteiger partial charge in [-0.1, -0.05) is 13.3 Å². The van der Waals surface area contributed by atoms with Crippen LogP contribution in [0.15, 0.2) is 0 Å². The van der Waals surface area contributed by atoms with Gasteiger partial charge in [-0.2, -0.15) is 0 Å². The first-order valence-corrected chi connectivity index (χ1v) is 5.05. The summed E-state index contributed by atoms with van der Waals surface area (Å²) in [6, 6.07) is -0.418. The minimum atomic E-state index is -2.61. The van der Waals surface area contributed by atoms with Gasteiger partial charge in [-0.25, -0.2) is 8.78 Å². The maximum Gasteiger partial charge on any atom is 0.260 e. The van der Waals surface area contributed by atoms with Crippen LogP contribution in [0.4, 0.5) is 8.78 Å². The monoisotopic (exact) mass is 191 g/mol. The Balaban J connectivity index is 2.40. The van der Waals surface area contributed by atoms with Crippen LogP contribution in [-0.4, -0.2) is 18.0 Å². The maximum absolute atomic E-state index is 12.8. The molecule has 0 bridgehead atoms. The van der Waals surface area contributed by atoms with E-state index in [1.165, 1.54) is 12.8 Å². The van der Waals surface area contributed by atoms with Crippen LogP contribution >= 0.6 is 0 Å². The fraction of sp³-hybridized carbons (Fsp3) is 1.00. The zero-order valence-electron chi connectivity index (χ0n) is 8.61. The number of halogens is 2. The summed E-state index contributed by atoms with van der Waals surface area (Å²) in [7, 11) is 0. The fourth-order valence-corrected chi connectivity index (χ4v) is 1.86. The summed E-state index contributed by atoms with van der Waals surface area (Å²) in [5.41, 5.74) is 0. The lowest BCUT2D eigenvalue weighted by Gasteiger charge is -2.26. The number of hydrogen-bond acceptors (Lipinski definition) is 1. The van der Waals surface area contributed by atoms with Crippen LogP contribution in [0.2, 0.25) is 0 Å². The second-order valence-corrected chi connectivity index (χ2v) is 4.36. The van der Waals surface area contributed by atoms with Crippen LogP contribution in [0.5, 0.6) is 0 Å². The molecule has 1 N–H and O–H groups in total. The molecule has 0 aromatic heterocycles. The van der Waals surface area contributed by atoms with E-state index in [-0.39, 0.29) is 0 Å². The second kappa shape index (κ2) is 3.91. The Morgan fingerprint density at radius 3 is 2.38 bits per heavy atom. The summed E-state index contributed by atoms with van der Waals surface area (Å²) in [5.74, 6) is -2.06. The van der Waals surface area contributed by atoms with Gasteiger partial charge in [0, 0.05) is 13.0 Å². The van der Waals surface area contributed by atoms with Crippen molar-refractivity contribution in [2.75, 3.05) is 0 Å². The van der Waals surface area contributed by atoms with Crippen molar-refractivity contribution in [3.05, 3.63) is 0 Å². The van der Waals surface area contributed by atoms with E-state index in [0.29, 0.717) is 12.0 Å². The third kappa shape index (κ3) is 2.90. The topological polar surface area (TPSA) is 12.0 Å². The highest BCUT2D eigenvalue weighted by Crippen LogP contribution is 2.27. The minimum absolute atomic E-state index is 0.292. The fourth-order valence-electron chi connectivity index (χ4n) is 1.86. The first-order chi connectivity index (χ1) is 5.91. The molecule has 0 aromatic carbocycles. The van der Waals surface area contributed by atoms with Crippen molar-refractivity contribution < 1.29 is 8.78 Å². The summed E-state index contributed by atoms with van der Waals surface area (Å²) >= 11 is 0. The van der Waals surface area contributed by atoms with Gasteiger partial charge in [-0.3, -0.25) is 0 Å². The lowest BCUT2D eigenvalue weighted by atomic mass is 10.0. The number of hydrogen-bond donors (Lipinski definition) is 1. The highest BCUT2D eigenvalue weighted by molar-refractivity contribution is 4.85. The van der Waals surface area contributed by atoms with Gasteiger partial charge >= 0.3 is 0 Å². The van der Waals surface area contributed by atoms with Gasteiger partial charge in [0.15, 0.2) is 0 Å². The molecule has 0 saturated heterocycles. The smallest absolute Gasteiger partial charge is 0.260 e. The van der Waals surface area contributed by atoms with Gasteiger partial charge in [-0.05, 0) is 25.7 Å². The third-order valence-electron chi connectivity index (χ3n) is 3.09. The Labute approximate surface area is 78.9 Å². The summed E-state index contributed by atoms with van der Waals surface area (Å²) in [6.07, 6.45) is 3.38. The van der Waals surface area contributed by atoms with Crippen LogP contribution in [0, 0.1) is 5.92 Å². The molecular weight excluding hydrogens is 172 g/mol. The Kier molecular flexibility index (Phi) is 3.28. The van der Waals surface area contributed by atoms with E-state index in [0.717, 1.165) is 13.3 Å². The maximum atomic E-state index is 12.8. The lowest BCUT2D eigenvalue weighted by molar-refractivity contribution is -0.0169. The first-order valence-electron chi connectivity index (χ1n) is 5.05. The van der Waals surface area contributed by atoms with Crippen LogP contribution in [0.1, 0.15) is 40.0 Å².